The van der Waals surface area contributed by atoms with Gasteiger partial charge in [-0.25, -0.2) is 4.90 Å². The molecule has 2 unspecified atom stereocenters. The van der Waals surface area contributed by atoms with E-state index in [4.69, 9.17) is 162 Å². The highest BCUT2D eigenvalue weighted by Gasteiger charge is 2.56. The van der Waals surface area contributed by atoms with Crippen LogP contribution in [0.2, 0.25) is 0 Å². The first-order chi connectivity index (χ1) is 41.3. The van der Waals surface area contributed by atoms with E-state index < -0.39 is 257 Å². The van der Waals surface area contributed by atoms with E-state index in [0.29, 0.717) is 36.3 Å². The van der Waals surface area contributed by atoms with Gasteiger partial charge < -0.3 is 157 Å². The van der Waals surface area contributed by atoms with Crippen LogP contribution in [0.4, 0.5) is 0 Å². The first-order valence-electron chi connectivity index (χ1n) is 22.9. The van der Waals surface area contributed by atoms with Gasteiger partial charge in [-0.2, -0.15) is 4.89 Å². The highest BCUT2D eigenvalue weighted by molar-refractivity contribution is 7.72. The fourth-order valence-corrected chi connectivity index (χ4v) is 17.9. The molecule has 0 aromatic heterocycles. The summed E-state index contributed by atoms with van der Waals surface area (Å²) in [4.78, 5) is 290. The zero-order valence-electron chi connectivity index (χ0n) is 47.7. The average molecular weight is 1820 g/mol. The van der Waals surface area contributed by atoms with Gasteiger partial charge in [0.1, 0.15) is 69.1 Å². The van der Waals surface area contributed by atoms with Crippen LogP contribution in [0.3, 0.4) is 0 Å². The number of hydrogen-bond donors (Lipinski definition) is 33. The van der Waals surface area contributed by atoms with Gasteiger partial charge in [-0.05, 0) is 17.9 Å². The van der Waals surface area contributed by atoms with Crippen molar-refractivity contribution in [2.75, 3.05) is 95.4 Å². The number of carboxylic acids is 3. The van der Waals surface area contributed by atoms with Gasteiger partial charge >= 0.3 is 132 Å². The van der Waals surface area contributed by atoms with E-state index in [2.05, 4.69) is 0 Å². The summed E-state index contributed by atoms with van der Waals surface area (Å²) >= 11 is 0. The monoisotopic (exact) mass is 1820 g/mol. The summed E-state index contributed by atoms with van der Waals surface area (Å²) in [5, 5.41) is 28.1. The van der Waals surface area contributed by atoms with Gasteiger partial charge in [-0.15, -0.1) is 0 Å². The maximum atomic E-state index is 11.3. The van der Waals surface area contributed by atoms with Crippen molar-refractivity contribution < 1.29 is 245 Å². The molecule has 0 aliphatic heterocycles. The molecule has 0 aliphatic carbocycles. The number of carbonyl (C=O) groups is 3. The van der Waals surface area contributed by atoms with Gasteiger partial charge in [0.2, 0.25) is 6.29 Å². The van der Waals surface area contributed by atoms with Crippen molar-refractivity contribution in [3.63, 3.8) is 0 Å². The molecule has 0 rings (SSSR count). The number of nitrogens with zero attached hydrogens (tertiary/aromatic N) is 6. The Morgan fingerprint density at radius 1 is 0.314 bits per heavy atom. The molecule has 33 N–H and O–H groups in total. The SMILES string of the molecule is C.C.C.C.C.C.CC(O)(P(=O)(O)O)P(=O)(O)O.O=C(O)CCC(CC(=O)O)(C(=O)O)P(=O)(O)O.O=P(O)(O)CN(CN(CP(=O)(O)O)CP(=O)(O)O)CN(CP(=O)(O)O)CP(=O)(O)O.O=P(O)(O)CN(CN(CP(=O)(O)O)CP(=O)(O)O)CP(=O)(O)O.O=[P+](O)CN(CP(=O)(O)O)CP(=O)(O)O. The van der Waals surface area contributed by atoms with E-state index >= 15 is 0 Å². The average Bonchev–Trinajstić information content (AvgIpc) is 0.793. The molecule has 0 saturated heterocycles. The van der Waals surface area contributed by atoms with E-state index in [9.17, 15) is 82.9 Å². The van der Waals surface area contributed by atoms with E-state index in [1.807, 2.05) is 0 Å². The van der Waals surface area contributed by atoms with E-state index in [0.717, 1.165) is 0 Å². The van der Waals surface area contributed by atoms with Crippen LogP contribution >= 0.6 is 114 Å². The molecule has 57 nitrogen and oxygen atoms in total. The fourth-order valence-electron chi connectivity index (χ4n) is 6.07. The molecule has 102 heavy (non-hydrogen) atoms. The summed E-state index contributed by atoms with van der Waals surface area (Å²) in [5.41, 5.74) is 0. The van der Waals surface area contributed by atoms with Gasteiger partial charge in [0, 0.05) is 6.42 Å². The molecule has 0 spiro atoms. The van der Waals surface area contributed by atoms with Crippen LogP contribution in [0.1, 0.15) is 70.7 Å². The number of hydrogen-bond acceptors (Lipinski definition) is 25. The van der Waals surface area contributed by atoms with Crippen molar-refractivity contribution in [3.05, 3.63) is 0 Å². The second kappa shape index (κ2) is 48.9. The van der Waals surface area contributed by atoms with Crippen LogP contribution in [-0.2, 0) is 82.9 Å². The quantitative estimate of drug-likeness (QED) is 0.0215. The van der Waals surface area contributed by atoms with E-state index in [1.54, 1.807) is 0 Å². The Morgan fingerprint density at radius 2 is 0.490 bits per heavy atom. The predicted octanol–water partition coefficient (Wildman–Crippen LogP) is -3.03. The maximum absolute atomic E-state index is 11.3. The summed E-state index contributed by atoms with van der Waals surface area (Å²) in [6.07, 6.45) is -16.8. The Morgan fingerprint density at radius 3 is 0.618 bits per heavy atom. The van der Waals surface area contributed by atoms with Crippen molar-refractivity contribution in [1.82, 2.24) is 29.4 Å². The van der Waals surface area contributed by atoms with Crippen LogP contribution in [0, 0.1) is 0 Å². The second-order valence-corrected chi connectivity index (χ2v) is 44.2. The summed E-state index contributed by atoms with van der Waals surface area (Å²) in [6.45, 7) is -2.40. The van der Waals surface area contributed by atoms with Crippen molar-refractivity contribution in [1.29, 1.82) is 0 Å². The smallest absolute Gasteiger partial charge is 0.481 e. The lowest BCUT2D eigenvalue weighted by atomic mass is 9.98. The lowest BCUT2D eigenvalue weighted by Gasteiger charge is -2.34. The molecule has 0 aromatic rings. The normalized spacial score (nSPS) is 13.9. The molecule has 0 aliphatic rings. The Labute approximate surface area is 581 Å². The first kappa shape index (κ1) is 126. The van der Waals surface area contributed by atoms with E-state index in [-0.39, 0.29) is 44.6 Å². The second-order valence-electron chi connectivity index (χ2n) is 19.2. The number of aliphatic hydroxyl groups is 1. The van der Waals surface area contributed by atoms with Crippen LogP contribution in [0.15, 0.2) is 0 Å². The van der Waals surface area contributed by atoms with Gasteiger partial charge in [-0.1, -0.05) is 44.6 Å². The Hall–Kier alpha value is 0.290. The molecule has 0 aromatic carbocycles. The minimum atomic E-state index is -5.32. The summed E-state index contributed by atoms with van der Waals surface area (Å²) in [6, 6.07) is 0. The predicted molar refractivity (Wildman–Crippen MR) is 353 cm³/mol. The zero-order chi connectivity index (χ0) is 78.5. The summed E-state index contributed by atoms with van der Waals surface area (Å²) in [5.74, 6) is -5.25. The highest BCUT2D eigenvalue weighted by atomic mass is 31.2. The lowest BCUT2D eigenvalue weighted by molar-refractivity contribution is -0.148. The molecule has 0 saturated carbocycles. The number of aliphatic carboxylic acids is 3. The fraction of sp³-hybridized carbons (Fsp3) is 0.900. The molecule has 72 heteroatoms. The molecule has 626 valence electrons. The van der Waals surface area contributed by atoms with Gasteiger partial charge in [0.25, 0.3) is 5.08 Å². The Kier molecular flexibility index (Phi) is 60.4. The molecule has 0 fully saturated rings. The van der Waals surface area contributed by atoms with Crippen LogP contribution in [-0.4, -0.2) is 315 Å². The minimum Gasteiger partial charge on any atom is -0.481 e. The summed E-state index contributed by atoms with van der Waals surface area (Å²) < 4.78 is 163. The molecule has 0 amide bonds. The van der Waals surface area contributed by atoms with Crippen molar-refractivity contribution >= 4 is 132 Å². The zero-order valence-corrected chi connectivity index (χ0v) is 61.1. The molecule has 0 radical (unpaired) electrons. The maximum Gasteiger partial charge on any atom is 0.521 e. The molecule has 0 heterocycles. The number of rotatable bonds is 39. The molecule has 2 atom stereocenters. The topological polar surface area (TPSA) is 994 Å². The van der Waals surface area contributed by atoms with Gasteiger partial charge in [-0.3, -0.25) is 103 Å². The molecular weight excluding hydrogens is 1720 g/mol. The van der Waals surface area contributed by atoms with Crippen molar-refractivity contribution in [3.8, 4) is 0 Å². The summed E-state index contributed by atoms with van der Waals surface area (Å²) in [7, 11) is -71.3. The standard InChI is InChI=1S/C7H24N3O15P5.C7H11O9P.C5H18N2O12P4.C3H10NO8P3.C2H8O7P2.6CH4/c11-26(12,13)3-8(1-9(4-27(14,15)16)5-28(17,18)19)2-10(6-29(20,21)22)7-30(23,24)25;8-4(9)1-2-7(6(12)13,3-5(10)11)17(14,15)16;8-20(9,10)2-6(3-21(11,12)13)1-7(4-22(14,15)16)5-23(17,18)19;5-13(6)1-4(2-14(7,8)9)3-15(10,11)12;1-2(3,10(4,5)6)11(7,8)9;;;;;;/h1-7H2,(H2,11,12,13)(H2,14,15,16)(H2,17,18,19)(H2,20,21,22)(H2,23,24,25);1-3H2,(H,8,9)(H,10,11)(H,12,13)(H2,14,15,16);1-5H2,(H2,8,9,10)(H2,11,12,13)(H2,14,15,16)(H2,17,18,19);1-3H2,(H4-,5,6,7,8,9,10,11,12);3H,1H3,(H2,4,5,6)(H2,7,8,9);6*1H4/p+1. The Bertz CT molecular complexity index is 3010. The first-order valence-corrected chi connectivity index (χ1v) is 48.9. The van der Waals surface area contributed by atoms with Crippen molar-refractivity contribution in [2.45, 2.75) is 81.0 Å². The van der Waals surface area contributed by atoms with Crippen LogP contribution < -0.4 is 0 Å². The van der Waals surface area contributed by atoms with Gasteiger partial charge in [0.05, 0.1) is 26.4 Å². The Balaban J connectivity index is -0.000000115. The van der Waals surface area contributed by atoms with E-state index in [1.165, 1.54) is 0 Å². The minimum absolute atomic E-state index is 0. The highest BCUT2D eigenvalue weighted by Crippen LogP contribution is 2.67. The van der Waals surface area contributed by atoms with Gasteiger partial charge in [0.15, 0.2) is 5.16 Å². The third kappa shape index (κ3) is 74.4. The molecule has 0 bridgehead atoms. The van der Waals surface area contributed by atoms with Crippen LogP contribution in [0.25, 0.3) is 0 Å². The van der Waals surface area contributed by atoms with Crippen LogP contribution in [0.5, 0.6) is 0 Å². The molecular formula is C30H96N6O51P15+. The van der Waals surface area contributed by atoms with Crippen molar-refractivity contribution in [2.24, 2.45) is 0 Å². The lowest BCUT2D eigenvalue weighted by Crippen LogP contribution is -2.45. The third-order valence-corrected chi connectivity index (χ3v) is 23.6. The number of carboxylic acid groups (broad SMARTS) is 3. The third-order valence-electron chi connectivity index (χ3n) is 9.00. The largest absolute Gasteiger partial charge is 0.521 e.